The molecule has 0 amide bonds. The summed E-state index contributed by atoms with van der Waals surface area (Å²) in [6.45, 7) is 0. The molecule has 2 aromatic rings. The van der Waals surface area contributed by atoms with Gasteiger partial charge in [-0.2, -0.15) is 0 Å². The number of aliphatic carboxylic acids is 1. The zero-order chi connectivity index (χ0) is 14.5. The van der Waals surface area contributed by atoms with Gasteiger partial charge < -0.3 is 14.6 Å². The fraction of sp³-hybridized carbons (Fsp3) is 0.214. The van der Waals surface area contributed by atoms with E-state index in [1.807, 2.05) is 0 Å². The predicted molar refractivity (Wildman–Crippen MR) is 71.9 cm³/mol. The van der Waals surface area contributed by atoms with E-state index in [4.69, 9.17) is 14.6 Å². The lowest BCUT2D eigenvalue weighted by atomic mass is 10.0. The van der Waals surface area contributed by atoms with Crippen molar-refractivity contribution in [3.63, 3.8) is 0 Å². The first-order valence-corrected chi connectivity index (χ1v) is 5.88. The maximum atomic E-state index is 10.9. The van der Waals surface area contributed by atoms with Gasteiger partial charge in [-0.15, -0.1) is 0 Å². The van der Waals surface area contributed by atoms with Gasteiger partial charge in [-0.1, -0.05) is 0 Å². The molecule has 104 valence electrons. The number of aromatic nitrogens is 2. The molecule has 0 atom stereocenters. The van der Waals surface area contributed by atoms with Crippen molar-refractivity contribution in [2.45, 2.75) is 6.42 Å². The van der Waals surface area contributed by atoms with Crippen LogP contribution in [0.25, 0.3) is 11.3 Å². The molecule has 20 heavy (non-hydrogen) atoms. The van der Waals surface area contributed by atoms with E-state index >= 15 is 0 Å². The van der Waals surface area contributed by atoms with Crippen LogP contribution in [0.1, 0.15) is 5.56 Å². The Bertz CT molecular complexity index is 628. The molecule has 2 rings (SSSR count). The molecule has 0 aliphatic rings. The van der Waals surface area contributed by atoms with Gasteiger partial charge in [0.2, 0.25) is 0 Å². The first-order chi connectivity index (χ1) is 9.65. The van der Waals surface area contributed by atoms with E-state index in [0.717, 1.165) is 0 Å². The Labute approximate surface area is 116 Å². The lowest BCUT2D eigenvalue weighted by molar-refractivity contribution is -0.136. The standard InChI is InChI=1S/C14H14N2O4/c1-19-10-3-4-11(12(6-10)20-2)14-9(5-13(17)18)7-15-8-16-14/h3-4,6-8H,5H2,1-2H3,(H,17,18). The van der Waals surface area contributed by atoms with E-state index in [-0.39, 0.29) is 6.42 Å². The highest BCUT2D eigenvalue weighted by Crippen LogP contribution is 2.33. The molecule has 1 aromatic carbocycles. The molecule has 0 saturated heterocycles. The third-order valence-corrected chi connectivity index (χ3v) is 2.79. The lowest BCUT2D eigenvalue weighted by Crippen LogP contribution is -2.04. The Morgan fingerprint density at radius 1 is 1.30 bits per heavy atom. The number of rotatable bonds is 5. The molecule has 0 aliphatic heterocycles. The summed E-state index contributed by atoms with van der Waals surface area (Å²) in [7, 11) is 3.10. The second-order valence-electron chi connectivity index (χ2n) is 4.03. The van der Waals surface area contributed by atoms with E-state index in [2.05, 4.69) is 9.97 Å². The van der Waals surface area contributed by atoms with Gasteiger partial charge >= 0.3 is 5.97 Å². The molecule has 1 N–H and O–H groups in total. The SMILES string of the molecule is COc1ccc(-c2ncncc2CC(=O)O)c(OC)c1. The first-order valence-electron chi connectivity index (χ1n) is 5.88. The van der Waals surface area contributed by atoms with E-state index in [0.29, 0.717) is 28.3 Å². The number of nitrogens with zero attached hydrogens (tertiary/aromatic N) is 2. The highest BCUT2D eigenvalue weighted by molar-refractivity contribution is 5.77. The van der Waals surface area contributed by atoms with E-state index in [1.54, 1.807) is 25.3 Å². The van der Waals surface area contributed by atoms with Crippen molar-refractivity contribution in [2.75, 3.05) is 14.2 Å². The summed E-state index contributed by atoms with van der Waals surface area (Å²) in [5.74, 6) is 0.280. The number of ether oxygens (including phenoxy) is 2. The fourth-order valence-electron chi connectivity index (χ4n) is 1.89. The zero-order valence-electron chi connectivity index (χ0n) is 11.2. The van der Waals surface area contributed by atoms with Gasteiger partial charge in [0.1, 0.15) is 17.8 Å². The molecular formula is C14H14N2O4. The molecule has 0 radical (unpaired) electrons. The quantitative estimate of drug-likeness (QED) is 0.895. The fourth-order valence-corrected chi connectivity index (χ4v) is 1.89. The number of carboxylic acids is 1. The maximum Gasteiger partial charge on any atom is 0.307 e. The summed E-state index contributed by atoms with van der Waals surface area (Å²) in [5, 5.41) is 8.94. The summed E-state index contributed by atoms with van der Waals surface area (Å²) in [6, 6.07) is 5.28. The van der Waals surface area contributed by atoms with Crippen LogP contribution in [0.4, 0.5) is 0 Å². The minimum atomic E-state index is -0.937. The van der Waals surface area contributed by atoms with Gasteiger partial charge in [0.25, 0.3) is 0 Å². The number of benzene rings is 1. The van der Waals surface area contributed by atoms with Crippen LogP contribution in [-0.2, 0) is 11.2 Å². The summed E-state index contributed by atoms with van der Waals surface area (Å²) in [5.41, 5.74) is 1.78. The Hall–Kier alpha value is -2.63. The second kappa shape index (κ2) is 6.01. The zero-order valence-corrected chi connectivity index (χ0v) is 11.2. The molecular weight excluding hydrogens is 260 g/mol. The van der Waals surface area contributed by atoms with Crippen LogP contribution in [0.2, 0.25) is 0 Å². The van der Waals surface area contributed by atoms with Crippen molar-refractivity contribution in [2.24, 2.45) is 0 Å². The van der Waals surface area contributed by atoms with Crippen LogP contribution in [0.15, 0.2) is 30.7 Å². The molecule has 0 fully saturated rings. The average Bonchev–Trinajstić information content (AvgIpc) is 2.46. The Morgan fingerprint density at radius 2 is 2.10 bits per heavy atom. The van der Waals surface area contributed by atoms with E-state index in [9.17, 15) is 4.79 Å². The largest absolute Gasteiger partial charge is 0.497 e. The number of carbonyl (C=O) groups is 1. The molecule has 0 saturated carbocycles. The Kier molecular flexibility index (Phi) is 4.14. The first kappa shape index (κ1) is 13.8. The third kappa shape index (κ3) is 2.85. The molecule has 1 heterocycles. The van der Waals surface area contributed by atoms with Gasteiger partial charge in [0.15, 0.2) is 0 Å². The van der Waals surface area contributed by atoms with Gasteiger partial charge in [0, 0.05) is 23.4 Å². The molecule has 0 unspecified atom stereocenters. The number of hydrogen-bond donors (Lipinski definition) is 1. The topological polar surface area (TPSA) is 81.5 Å². The maximum absolute atomic E-state index is 10.9. The van der Waals surface area contributed by atoms with E-state index in [1.165, 1.54) is 19.6 Å². The molecule has 1 aromatic heterocycles. The Balaban J connectivity index is 2.53. The highest BCUT2D eigenvalue weighted by Gasteiger charge is 2.15. The lowest BCUT2D eigenvalue weighted by Gasteiger charge is -2.12. The van der Waals surface area contributed by atoms with Crippen LogP contribution >= 0.6 is 0 Å². The number of carboxylic acid groups (broad SMARTS) is 1. The van der Waals surface area contributed by atoms with Gasteiger partial charge in [-0.05, 0) is 12.1 Å². The third-order valence-electron chi connectivity index (χ3n) is 2.79. The van der Waals surface area contributed by atoms with Crippen LogP contribution in [0.3, 0.4) is 0 Å². The summed E-state index contributed by atoms with van der Waals surface area (Å²) in [4.78, 5) is 18.9. The normalized spacial score (nSPS) is 10.1. The van der Waals surface area contributed by atoms with Crippen molar-refractivity contribution in [3.05, 3.63) is 36.3 Å². The monoisotopic (exact) mass is 274 g/mol. The summed E-state index contributed by atoms with van der Waals surface area (Å²) in [6.07, 6.45) is 2.73. The van der Waals surface area contributed by atoms with Crippen molar-refractivity contribution in [3.8, 4) is 22.8 Å². The van der Waals surface area contributed by atoms with Crippen LogP contribution in [0.5, 0.6) is 11.5 Å². The van der Waals surface area contributed by atoms with Crippen LogP contribution in [-0.4, -0.2) is 35.3 Å². The molecule has 0 aliphatic carbocycles. The van der Waals surface area contributed by atoms with Gasteiger partial charge in [0.05, 0.1) is 26.3 Å². The number of hydrogen-bond acceptors (Lipinski definition) is 5. The minimum Gasteiger partial charge on any atom is -0.497 e. The second-order valence-corrected chi connectivity index (χ2v) is 4.03. The smallest absolute Gasteiger partial charge is 0.307 e. The Morgan fingerprint density at radius 3 is 2.75 bits per heavy atom. The average molecular weight is 274 g/mol. The predicted octanol–water partition coefficient (Wildman–Crippen LogP) is 1.79. The van der Waals surface area contributed by atoms with Crippen molar-refractivity contribution in [1.82, 2.24) is 9.97 Å². The summed E-state index contributed by atoms with van der Waals surface area (Å²) >= 11 is 0. The van der Waals surface area contributed by atoms with Crippen molar-refractivity contribution in [1.29, 1.82) is 0 Å². The highest BCUT2D eigenvalue weighted by atomic mass is 16.5. The molecule has 6 heteroatoms. The van der Waals surface area contributed by atoms with Crippen molar-refractivity contribution < 1.29 is 19.4 Å². The molecule has 0 spiro atoms. The minimum absolute atomic E-state index is 0.147. The van der Waals surface area contributed by atoms with Crippen molar-refractivity contribution >= 4 is 5.97 Å². The van der Waals surface area contributed by atoms with Crippen LogP contribution in [0, 0.1) is 0 Å². The summed E-state index contributed by atoms with van der Waals surface area (Å²) < 4.78 is 10.4. The van der Waals surface area contributed by atoms with E-state index < -0.39 is 5.97 Å². The molecule has 6 nitrogen and oxygen atoms in total. The molecule has 0 bridgehead atoms. The van der Waals surface area contributed by atoms with Gasteiger partial charge in [-0.25, -0.2) is 9.97 Å². The number of methoxy groups -OCH3 is 2. The van der Waals surface area contributed by atoms with Crippen LogP contribution < -0.4 is 9.47 Å². The van der Waals surface area contributed by atoms with Gasteiger partial charge in [-0.3, -0.25) is 4.79 Å².